The van der Waals surface area contributed by atoms with E-state index in [1.807, 2.05) is 0 Å². The number of hydrogen-bond donors (Lipinski definition) is 2. The molecule has 3 nitrogen and oxygen atoms in total. The number of nitrogens with one attached hydrogen (secondary N) is 2. The van der Waals surface area contributed by atoms with E-state index in [-0.39, 0.29) is 30.2 Å². The zero-order valence-electron chi connectivity index (χ0n) is 11.3. The normalized spacial score (nSPS) is 28.4. The summed E-state index contributed by atoms with van der Waals surface area (Å²) in [6.45, 7) is 0. The van der Waals surface area contributed by atoms with Crippen molar-refractivity contribution in [2.24, 2.45) is 5.92 Å². The number of carbonyl (C=O) groups is 1. The largest absolute Gasteiger partial charge is 0.325 e. The minimum Gasteiger partial charge on any atom is -0.325 e. The van der Waals surface area contributed by atoms with Crippen LogP contribution in [0.25, 0.3) is 0 Å². The molecule has 0 bridgehead atoms. The smallest absolute Gasteiger partial charge is 0.241 e. The predicted molar refractivity (Wildman–Crippen MR) is 79.6 cm³/mol. The summed E-state index contributed by atoms with van der Waals surface area (Å²) in [5.74, 6) is 0.267. The maximum Gasteiger partial charge on any atom is 0.241 e. The quantitative estimate of drug-likeness (QED) is 0.881. The molecule has 2 fully saturated rings. The summed E-state index contributed by atoms with van der Waals surface area (Å²) >= 11 is 0. The molecule has 1 saturated carbocycles. The summed E-state index contributed by atoms with van der Waals surface area (Å²) in [6, 6.07) is 6.40. The van der Waals surface area contributed by atoms with E-state index in [0.29, 0.717) is 17.6 Å². The Morgan fingerprint density at radius 3 is 2.85 bits per heavy atom. The van der Waals surface area contributed by atoms with E-state index in [0.717, 1.165) is 6.42 Å². The lowest BCUT2D eigenvalue weighted by molar-refractivity contribution is -0.117. The predicted octanol–water partition coefficient (Wildman–Crippen LogP) is 3.11. The van der Waals surface area contributed by atoms with Crippen LogP contribution in [0.15, 0.2) is 24.3 Å². The van der Waals surface area contributed by atoms with Crippen molar-refractivity contribution >= 4 is 24.0 Å². The lowest BCUT2D eigenvalue weighted by Gasteiger charge is -2.24. The van der Waals surface area contributed by atoms with Crippen molar-refractivity contribution in [1.29, 1.82) is 0 Å². The lowest BCUT2D eigenvalue weighted by Crippen LogP contribution is -2.39. The number of carbonyl (C=O) groups excluding carboxylic acids is 1. The molecule has 1 heterocycles. The van der Waals surface area contributed by atoms with Crippen LogP contribution in [-0.2, 0) is 4.79 Å². The fourth-order valence-electron chi connectivity index (χ4n) is 3.32. The number of rotatable bonds is 2. The fourth-order valence-corrected chi connectivity index (χ4v) is 3.32. The van der Waals surface area contributed by atoms with Gasteiger partial charge < -0.3 is 10.6 Å². The van der Waals surface area contributed by atoms with E-state index < -0.39 is 0 Å². The zero-order valence-corrected chi connectivity index (χ0v) is 12.1. The van der Waals surface area contributed by atoms with E-state index in [4.69, 9.17) is 0 Å². The third-order valence-electron chi connectivity index (χ3n) is 4.27. The first-order valence-electron chi connectivity index (χ1n) is 7.05. The summed E-state index contributed by atoms with van der Waals surface area (Å²) in [7, 11) is 0. The third-order valence-corrected chi connectivity index (χ3v) is 4.27. The Kier molecular flexibility index (Phi) is 5.00. The van der Waals surface area contributed by atoms with E-state index in [1.165, 1.54) is 37.8 Å². The van der Waals surface area contributed by atoms with Gasteiger partial charge in [-0.1, -0.05) is 18.9 Å². The molecular weight excluding hydrogens is 279 g/mol. The molecule has 1 aliphatic carbocycles. The Morgan fingerprint density at radius 1 is 1.30 bits per heavy atom. The van der Waals surface area contributed by atoms with Gasteiger partial charge in [-0.3, -0.25) is 4.79 Å². The average molecular weight is 299 g/mol. The highest BCUT2D eigenvalue weighted by atomic mass is 35.5. The average Bonchev–Trinajstić information content (AvgIpc) is 2.82. The highest BCUT2D eigenvalue weighted by molar-refractivity contribution is 5.95. The first kappa shape index (κ1) is 15.3. The van der Waals surface area contributed by atoms with Crippen molar-refractivity contribution in [3.63, 3.8) is 0 Å². The van der Waals surface area contributed by atoms with Gasteiger partial charge in [-0.2, -0.15) is 0 Å². The Morgan fingerprint density at radius 2 is 2.10 bits per heavy atom. The van der Waals surface area contributed by atoms with Crippen LogP contribution in [0.2, 0.25) is 0 Å². The molecule has 2 N–H and O–H groups in total. The molecule has 0 aromatic heterocycles. The van der Waals surface area contributed by atoms with Gasteiger partial charge in [-0.05, 0) is 43.4 Å². The number of benzene rings is 1. The van der Waals surface area contributed by atoms with Gasteiger partial charge in [0, 0.05) is 11.7 Å². The van der Waals surface area contributed by atoms with E-state index in [9.17, 15) is 9.18 Å². The Hall–Kier alpha value is -1.13. The standard InChI is InChI=1S/C15H19FN2O.ClH/c16-11-5-3-6-12(9-11)17-15(19)14-8-10-4-1-2-7-13(10)18-14;/h3,5-6,9-10,13-14,18H,1-2,4,7-8H2,(H,17,19);1H. The van der Waals surface area contributed by atoms with E-state index in [1.54, 1.807) is 12.1 Å². The number of anilines is 1. The molecule has 0 spiro atoms. The second-order valence-corrected chi connectivity index (χ2v) is 5.61. The number of hydrogen-bond acceptors (Lipinski definition) is 2. The van der Waals surface area contributed by atoms with E-state index in [2.05, 4.69) is 10.6 Å². The summed E-state index contributed by atoms with van der Waals surface area (Å²) < 4.78 is 13.1. The topological polar surface area (TPSA) is 41.1 Å². The maximum absolute atomic E-state index is 13.1. The second kappa shape index (κ2) is 6.55. The van der Waals surface area contributed by atoms with Gasteiger partial charge in [0.1, 0.15) is 5.82 Å². The first-order chi connectivity index (χ1) is 9.22. The molecule has 1 aromatic carbocycles. The van der Waals surface area contributed by atoms with Gasteiger partial charge in [0.05, 0.1) is 6.04 Å². The van der Waals surface area contributed by atoms with Crippen LogP contribution in [0.1, 0.15) is 32.1 Å². The lowest BCUT2D eigenvalue weighted by atomic mass is 9.85. The fraction of sp³-hybridized carbons (Fsp3) is 0.533. The van der Waals surface area contributed by atoms with Crippen molar-refractivity contribution in [2.45, 2.75) is 44.2 Å². The summed E-state index contributed by atoms with van der Waals surface area (Å²) in [4.78, 5) is 12.2. The number of fused-ring (bicyclic) bond motifs is 1. The van der Waals surface area contributed by atoms with Crippen LogP contribution >= 0.6 is 12.4 Å². The van der Waals surface area contributed by atoms with Gasteiger partial charge >= 0.3 is 0 Å². The molecule has 110 valence electrons. The van der Waals surface area contributed by atoms with Crippen LogP contribution < -0.4 is 10.6 Å². The molecule has 1 aliphatic heterocycles. The van der Waals surface area contributed by atoms with Gasteiger partial charge in [0.25, 0.3) is 0 Å². The van der Waals surface area contributed by atoms with E-state index >= 15 is 0 Å². The van der Waals surface area contributed by atoms with Gasteiger partial charge in [-0.25, -0.2) is 4.39 Å². The first-order valence-corrected chi connectivity index (χ1v) is 7.05. The summed E-state index contributed by atoms with van der Waals surface area (Å²) in [5, 5.41) is 6.21. The summed E-state index contributed by atoms with van der Waals surface area (Å²) in [6.07, 6.45) is 5.84. The number of halogens is 2. The zero-order chi connectivity index (χ0) is 13.2. The van der Waals surface area contributed by atoms with Gasteiger partial charge in [0.15, 0.2) is 0 Å². The highest BCUT2D eigenvalue weighted by Gasteiger charge is 2.38. The Balaban J connectivity index is 0.00000147. The molecule has 20 heavy (non-hydrogen) atoms. The van der Waals surface area contributed by atoms with Crippen LogP contribution in [0.4, 0.5) is 10.1 Å². The third kappa shape index (κ3) is 3.30. The van der Waals surface area contributed by atoms with Crippen LogP contribution in [0.5, 0.6) is 0 Å². The number of amides is 1. The van der Waals surface area contributed by atoms with Crippen molar-refractivity contribution in [2.75, 3.05) is 5.32 Å². The molecule has 3 rings (SSSR count). The maximum atomic E-state index is 13.1. The Labute approximate surface area is 124 Å². The molecule has 5 heteroatoms. The van der Waals surface area contributed by atoms with Crippen molar-refractivity contribution in [3.8, 4) is 0 Å². The van der Waals surface area contributed by atoms with Crippen LogP contribution in [-0.4, -0.2) is 18.0 Å². The molecule has 2 aliphatic rings. The molecule has 0 radical (unpaired) electrons. The molecule has 1 aromatic rings. The molecule has 1 saturated heterocycles. The highest BCUT2D eigenvalue weighted by Crippen LogP contribution is 2.33. The molecule has 3 atom stereocenters. The molecule has 3 unspecified atom stereocenters. The minimum absolute atomic E-state index is 0. The molecule has 1 amide bonds. The second-order valence-electron chi connectivity index (χ2n) is 5.61. The SMILES string of the molecule is Cl.O=C(Nc1cccc(F)c1)C1CC2CCCCC2N1. The summed E-state index contributed by atoms with van der Waals surface area (Å²) in [5.41, 5.74) is 0.529. The van der Waals surface area contributed by atoms with Gasteiger partial charge in [-0.15, -0.1) is 12.4 Å². The molecular formula is C15H20ClFN2O. The van der Waals surface area contributed by atoms with Crippen LogP contribution in [0, 0.1) is 11.7 Å². The van der Waals surface area contributed by atoms with Gasteiger partial charge in [0.2, 0.25) is 5.91 Å². The van der Waals surface area contributed by atoms with Crippen molar-refractivity contribution < 1.29 is 9.18 Å². The Bertz CT molecular complexity index is 469. The van der Waals surface area contributed by atoms with Crippen molar-refractivity contribution in [1.82, 2.24) is 5.32 Å². The van der Waals surface area contributed by atoms with Crippen molar-refractivity contribution in [3.05, 3.63) is 30.1 Å². The van der Waals surface area contributed by atoms with Crippen LogP contribution in [0.3, 0.4) is 0 Å². The minimum atomic E-state index is -0.328. The monoisotopic (exact) mass is 298 g/mol.